The fourth-order valence-electron chi connectivity index (χ4n) is 11.7. The fraction of sp³-hybridized carbons (Fsp3) is 0.478. The summed E-state index contributed by atoms with van der Waals surface area (Å²) in [6, 6.07) is 15.9. The summed E-state index contributed by atoms with van der Waals surface area (Å²) in [6.45, 7) is 1.91. The zero-order valence-corrected chi connectivity index (χ0v) is 59.1. The summed E-state index contributed by atoms with van der Waals surface area (Å²) >= 11 is 8.60. The van der Waals surface area contributed by atoms with Crippen LogP contribution in [0.4, 0.5) is 0 Å². The monoisotopic (exact) mass is 1470 g/mol. The second-order valence-corrected chi connectivity index (χ2v) is 26.0. The number of nitrogens with zero attached hydrogens (tertiary/aromatic N) is 4. The third kappa shape index (κ3) is 26.8. The van der Waals surface area contributed by atoms with Gasteiger partial charge in [0.15, 0.2) is 6.04 Å². The van der Waals surface area contributed by atoms with E-state index >= 15 is 9.59 Å². The second-order valence-electron chi connectivity index (χ2n) is 25.2. The number of aromatic amines is 1. The number of carbonyl (C=O) groups excluding carboxylic acids is 8. The summed E-state index contributed by atoms with van der Waals surface area (Å²) in [5, 5.41) is 82.5. The van der Waals surface area contributed by atoms with Gasteiger partial charge in [-0.2, -0.15) is 25.3 Å². The highest BCUT2D eigenvalue weighted by molar-refractivity contribution is 7.80. The number of carboxylic acids is 4. The number of fused-ring (bicyclic) bond motifs is 2. The van der Waals surface area contributed by atoms with Gasteiger partial charge >= 0.3 is 23.9 Å². The normalized spacial score (nSPS) is 16.6. The Morgan fingerprint density at radius 1 is 0.437 bits per heavy atom. The maximum atomic E-state index is 15.4. The number of carboxylic acid groups (broad SMARTS) is 4. The Morgan fingerprint density at radius 3 is 1.35 bits per heavy atom. The average Bonchev–Trinajstić information content (AvgIpc) is 1.80. The minimum atomic E-state index is -1.79. The number of aliphatic hydroxyl groups is 2. The Morgan fingerprint density at radius 2 is 0.845 bits per heavy atom. The third-order valence-corrected chi connectivity index (χ3v) is 18.0. The number of hydrogen-bond donors (Lipinski definition) is 18. The van der Waals surface area contributed by atoms with Crippen LogP contribution in [0.1, 0.15) is 49.8 Å². The van der Waals surface area contributed by atoms with E-state index in [9.17, 15) is 78.6 Å². The Hall–Kier alpha value is -9.26. The number of nitrogens with two attached hydrogens (primary N) is 1. The van der Waals surface area contributed by atoms with E-state index < -0.39 is 151 Å². The second kappa shape index (κ2) is 41.7. The average molecular weight is 1470 g/mol. The molecule has 1 saturated heterocycles. The van der Waals surface area contributed by atoms with E-state index in [4.69, 9.17) is 5.73 Å². The molecule has 5 aromatic rings. The van der Waals surface area contributed by atoms with Crippen molar-refractivity contribution >= 4 is 118 Å². The van der Waals surface area contributed by atoms with Crippen molar-refractivity contribution in [3.8, 4) is 0 Å². The number of thiol groups is 2. The number of aliphatic carboxylic acids is 4. The number of carbonyl (C=O) groups is 12. The highest BCUT2D eigenvalue weighted by Gasteiger charge is 2.37. The van der Waals surface area contributed by atoms with E-state index in [0.29, 0.717) is 39.4 Å². The Bertz CT molecular complexity index is 3680. The summed E-state index contributed by atoms with van der Waals surface area (Å²) < 4.78 is 0. The zero-order chi connectivity index (χ0) is 75.3. The molecule has 0 spiro atoms. The standard InChI is InChI=1S/C69H94N14O18S2/c1-41(84)60(68(99)77-55(40-103)67(98)79-61(42(2)85)69(100)101)78-62(93)50(21-10-11-22-70)73-64(95)53(33-46-34-71-49-20-9-8-19-48(46)49)74-65(96)52(32-45-17-12-16-44-15-6-7-18-47(44)45)75-66(97)54(39-102)76-63(94)51(31-43-13-4-3-5-14-43)72-56(86)35-80-23-25-81(36-57(87)88)27-29-83(38-59(91)92)30-28-82(26-24-80)37-58(89)90/h3-9,12-20,34,41-42,50-55,60-61,71,84-85,102-103H,10-11,21-33,35-40,70H2,1-2H3,(H,72,86)(H,73,95)(H,74,96)(H,75,97)(H,76,94)(H,77,99)(H,78,93)(H,79,98)(H,87,88)(H,89,90)(H,91,92)(H,100,101)/t41-,42-,50+,51-,52+,53-,54+,55+,60+,61+/m1/s1. The number of benzene rings is 4. The van der Waals surface area contributed by atoms with Gasteiger partial charge in [-0.3, -0.25) is 72.3 Å². The van der Waals surface area contributed by atoms with E-state index in [-0.39, 0.29) is 110 Å². The number of rotatable bonds is 38. The van der Waals surface area contributed by atoms with Crippen molar-refractivity contribution in [3.05, 3.63) is 120 Å². The molecule has 1 aliphatic rings. The molecule has 34 heteroatoms. The molecule has 2 heterocycles. The number of para-hydroxylation sites is 1. The van der Waals surface area contributed by atoms with E-state index in [1.54, 1.807) is 98.6 Å². The van der Waals surface area contributed by atoms with Crippen molar-refractivity contribution in [2.24, 2.45) is 5.73 Å². The molecule has 0 bridgehead atoms. The van der Waals surface area contributed by atoms with Crippen LogP contribution in [0, 0.1) is 0 Å². The molecule has 32 nitrogen and oxygen atoms in total. The van der Waals surface area contributed by atoms with Crippen LogP contribution in [0.5, 0.6) is 0 Å². The molecule has 103 heavy (non-hydrogen) atoms. The lowest BCUT2D eigenvalue weighted by molar-refractivity contribution is -0.145. The van der Waals surface area contributed by atoms with Crippen molar-refractivity contribution in [1.82, 2.24) is 67.1 Å². The van der Waals surface area contributed by atoms with Crippen LogP contribution in [0.3, 0.4) is 0 Å². The number of aromatic nitrogens is 1. The highest BCUT2D eigenvalue weighted by atomic mass is 32.1. The van der Waals surface area contributed by atoms with E-state index in [2.05, 4.69) is 72.8 Å². The van der Waals surface area contributed by atoms with Gasteiger partial charge in [-0.1, -0.05) is 91.0 Å². The molecule has 0 radical (unpaired) electrons. The molecule has 8 amide bonds. The molecular weight excluding hydrogens is 1380 g/mol. The zero-order valence-electron chi connectivity index (χ0n) is 57.3. The molecule has 0 aliphatic carbocycles. The van der Waals surface area contributed by atoms with Gasteiger partial charge in [0, 0.05) is 100 Å². The molecule has 4 aromatic carbocycles. The number of nitrogens with one attached hydrogen (secondary N) is 9. The van der Waals surface area contributed by atoms with Crippen LogP contribution in [-0.4, -0.2) is 283 Å². The molecule has 560 valence electrons. The molecule has 0 saturated carbocycles. The predicted molar refractivity (Wildman–Crippen MR) is 386 cm³/mol. The summed E-state index contributed by atoms with van der Waals surface area (Å²) in [5.41, 5.74) is 8.25. The first-order valence-corrected chi connectivity index (χ1v) is 35.0. The van der Waals surface area contributed by atoms with Gasteiger partial charge in [0.25, 0.3) is 0 Å². The topological polar surface area (TPSA) is 477 Å². The highest BCUT2D eigenvalue weighted by Crippen LogP contribution is 2.23. The van der Waals surface area contributed by atoms with Crippen molar-refractivity contribution in [2.75, 3.05) is 96.6 Å². The third-order valence-electron chi connectivity index (χ3n) is 17.3. The number of unbranched alkanes of at least 4 members (excludes halogenated alkanes) is 1. The molecule has 1 aliphatic heterocycles. The van der Waals surface area contributed by atoms with Gasteiger partial charge in [0.05, 0.1) is 38.4 Å². The molecule has 17 N–H and O–H groups in total. The maximum absolute atomic E-state index is 15.4. The van der Waals surface area contributed by atoms with Gasteiger partial charge < -0.3 is 83.9 Å². The van der Waals surface area contributed by atoms with E-state index in [1.807, 2.05) is 24.3 Å². The van der Waals surface area contributed by atoms with Crippen molar-refractivity contribution < 1.29 is 88.2 Å². The number of H-pyrrole nitrogens is 1. The first-order chi connectivity index (χ1) is 49.2. The SMILES string of the molecule is C[C@@H](O)[C@H](NC(=O)[C@H](CS)NC(=O)[C@@H](NC(=O)[C@H](CCCCN)NC(=O)[C@@H](Cc1c[nH]c2ccccc12)NC(=O)[C@H](Cc1cccc2ccccc12)NC(=O)[C@H](CS)NC(=O)[C@@H](Cc1ccccc1)NC(=O)CN1CCN(CC(=O)O)CCN(CC(=O)O)CCN(CC(=O)O)CC1)[C@@H](C)O)C(=O)O. The van der Waals surface area contributed by atoms with E-state index in [0.717, 1.165) is 12.3 Å². The summed E-state index contributed by atoms with van der Waals surface area (Å²) in [4.78, 5) is 173. The van der Waals surface area contributed by atoms with E-state index in [1.165, 1.54) is 6.92 Å². The Kier molecular flexibility index (Phi) is 33.5. The summed E-state index contributed by atoms with van der Waals surface area (Å²) in [6.07, 6.45) is -1.56. The molecule has 6 rings (SSSR count). The first kappa shape index (κ1) is 82.7. The minimum absolute atomic E-state index is 0.0933. The van der Waals surface area contributed by atoms with Gasteiger partial charge in [0.1, 0.15) is 42.3 Å². The molecule has 1 fully saturated rings. The van der Waals surface area contributed by atoms with Crippen LogP contribution in [0.25, 0.3) is 21.7 Å². The quantitative estimate of drug-likeness (QED) is 0.0144. The van der Waals surface area contributed by atoms with Crippen molar-refractivity contribution in [1.29, 1.82) is 0 Å². The Labute approximate surface area is 605 Å². The van der Waals surface area contributed by atoms with Crippen LogP contribution >= 0.6 is 25.3 Å². The smallest absolute Gasteiger partial charge is 0.328 e. The molecule has 10 atom stereocenters. The van der Waals surface area contributed by atoms with Crippen molar-refractivity contribution in [2.45, 2.75) is 113 Å². The number of hydrogen-bond acceptors (Lipinski definition) is 21. The summed E-state index contributed by atoms with van der Waals surface area (Å²) in [5.74, 6) is -13.1. The van der Waals surface area contributed by atoms with Crippen LogP contribution in [0.15, 0.2) is 103 Å². The van der Waals surface area contributed by atoms with Crippen LogP contribution in [0.2, 0.25) is 0 Å². The van der Waals surface area contributed by atoms with Gasteiger partial charge in [-0.25, -0.2) is 4.79 Å². The molecular formula is C69H94N14O18S2. The van der Waals surface area contributed by atoms with Gasteiger partial charge in [-0.05, 0) is 73.2 Å². The van der Waals surface area contributed by atoms with Gasteiger partial charge in [-0.15, -0.1) is 0 Å². The fourth-order valence-corrected chi connectivity index (χ4v) is 12.2. The lowest BCUT2D eigenvalue weighted by Gasteiger charge is -2.33. The first-order valence-electron chi connectivity index (χ1n) is 33.7. The largest absolute Gasteiger partial charge is 0.480 e. The van der Waals surface area contributed by atoms with Crippen molar-refractivity contribution in [3.63, 3.8) is 0 Å². The minimum Gasteiger partial charge on any atom is -0.480 e. The van der Waals surface area contributed by atoms with Gasteiger partial charge in [0.2, 0.25) is 47.3 Å². The summed E-state index contributed by atoms with van der Waals surface area (Å²) in [7, 11) is 0. The lowest BCUT2D eigenvalue weighted by atomic mass is 9.97. The predicted octanol–water partition coefficient (Wildman–Crippen LogP) is -2.46. The number of aliphatic hydroxyl groups excluding tert-OH is 2. The Balaban J connectivity index is 1.28. The van der Waals surface area contributed by atoms with Crippen LogP contribution < -0.4 is 48.3 Å². The molecule has 0 unspecified atom stereocenters. The maximum Gasteiger partial charge on any atom is 0.328 e. The lowest BCUT2D eigenvalue weighted by Crippen LogP contribution is -2.62. The number of amides is 8. The molecule has 1 aromatic heterocycles. The van der Waals surface area contributed by atoms with Crippen LogP contribution in [-0.2, 0) is 76.8 Å².